The fourth-order valence-corrected chi connectivity index (χ4v) is 6.27. The Balaban J connectivity index is 1.59. The summed E-state index contributed by atoms with van der Waals surface area (Å²) < 4.78 is 63.6. The van der Waals surface area contributed by atoms with Crippen LogP contribution in [-0.2, 0) is 27.7 Å². The maximum atomic E-state index is 13.5. The summed E-state index contributed by atoms with van der Waals surface area (Å²) in [6, 6.07) is 8.46. The lowest BCUT2D eigenvalue weighted by Crippen LogP contribution is -2.37. The van der Waals surface area contributed by atoms with Gasteiger partial charge in [0.15, 0.2) is 0 Å². The van der Waals surface area contributed by atoms with Gasteiger partial charge in [0.05, 0.1) is 11.0 Å². The maximum Gasteiger partial charge on any atom is 0.387 e. The van der Waals surface area contributed by atoms with Crippen molar-refractivity contribution in [1.82, 2.24) is 4.31 Å². The van der Waals surface area contributed by atoms with Crippen molar-refractivity contribution in [3.8, 4) is 5.75 Å². The lowest BCUT2D eigenvalue weighted by Gasteiger charge is -2.27. The molecule has 2 aliphatic rings. The molecule has 9 heteroatoms. The number of ether oxygens (including phenoxy) is 2. The van der Waals surface area contributed by atoms with Crippen molar-refractivity contribution in [3.63, 3.8) is 0 Å². The summed E-state index contributed by atoms with van der Waals surface area (Å²) in [5.41, 5.74) is 1.52. The van der Waals surface area contributed by atoms with E-state index in [1.807, 2.05) is 17.5 Å². The molecule has 2 aromatic rings. The summed E-state index contributed by atoms with van der Waals surface area (Å²) in [4.78, 5) is 1.31. The van der Waals surface area contributed by atoms with Crippen LogP contribution in [0.4, 0.5) is 8.78 Å². The Hall–Kier alpha value is -1.81. The smallest absolute Gasteiger partial charge is 0.387 e. The van der Waals surface area contributed by atoms with Crippen molar-refractivity contribution in [1.29, 1.82) is 0 Å². The van der Waals surface area contributed by atoms with Gasteiger partial charge in [0.1, 0.15) is 5.75 Å². The first kappa shape index (κ1) is 21.4. The highest BCUT2D eigenvalue weighted by Gasteiger charge is 2.32. The second-order valence-electron chi connectivity index (χ2n) is 7.36. The Bertz CT molecular complexity index is 1000. The lowest BCUT2D eigenvalue weighted by atomic mass is 9.97. The van der Waals surface area contributed by atoms with E-state index < -0.39 is 16.6 Å². The molecule has 30 heavy (non-hydrogen) atoms. The number of fused-ring (bicyclic) bond motifs is 1. The van der Waals surface area contributed by atoms with Gasteiger partial charge in [0.2, 0.25) is 10.0 Å². The molecule has 0 radical (unpaired) electrons. The Labute approximate surface area is 179 Å². The predicted molar refractivity (Wildman–Crippen MR) is 112 cm³/mol. The van der Waals surface area contributed by atoms with Crippen molar-refractivity contribution in [2.75, 3.05) is 13.2 Å². The molecule has 2 heterocycles. The van der Waals surface area contributed by atoms with Gasteiger partial charge in [-0.05, 0) is 66.5 Å². The summed E-state index contributed by atoms with van der Waals surface area (Å²) >= 11 is 1.53. The summed E-state index contributed by atoms with van der Waals surface area (Å²) in [5, 5.41) is 1.93. The van der Waals surface area contributed by atoms with E-state index in [2.05, 4.69) is 4.74 Å². The topological polar surface area (TPSA) is 55.8 Å². The van der Waals surface area contributed by atoms with Gasteiger partial charge in [-0.25, -0.2) is 8.42 Å². The van der Waals surface area contributed by atoms with Gasteiger partial charge in [0.25, 0.3) is 0 Å². The van der Waals surface area contributed by atoms with Crippen LogP contribution in [0, 0.1) is 0 Å². The molecule has 1 atom stereocenters. The zero-order valence-electron chi connectivity index (χ0n) is 16.3. The van der Waals surface area contributed by atoms with Crippen molar-refractivity contribution in [2.24, 2.45) is 0 Å². The first-order valence-electron chi connectivity index (χ1n) is 9.84. The highest BCUT2D eigenvalue weighted by atomic mass is 32.2. The van der Waals surface area contributed by atoms with Crippen LogP contribution < -0.4 is 4.74 Å². The minimum absolute atomic E-state index is 0.0844. The van der Waals surface area contributed by atoms with Gasteiger partial charge in [0, 0.05) is 24.6 Å². The molecule has 1 fully saturated rings. The average molecular weight is 456 g/mol. The van der Waals surface area contributed by atoms with Crippen molar-refractivity contribution in [2.45, 2.75) is 44.9 Å². The van der Waals surface area contributed by atoms with Gasteiger partial charge in [-0.1, -0.05) is 12.1 Å². The van der Waals surface area contributed by atoms with Crippen LogP contribution in [-0.4, -0.2) is 38.6 Å². The molecular formula is C21H23F2NO4S2. The molecule has 1 aromatic heterocycles. The third-order valence-electron chi connectivity index (χ3n) is 5.31. The van der Waals surface area contributed by atoms with Crippen LogP contribution in [0.1, 0.15) is 35.3 Å². The second-order valence-corrected chi connectivity index (χ2v) is 10.4. The minimum atomic E-state index is -3.69. The Morgan fingerprint density at radius 3 is 2.83 bits per heavy atom. The largest absolute Gasteiger partial charge is 0.435 e. The first-order valence-corrected chi connectivity index (χ1v) is 12.2. The molecule has 1 aliphatic carbocycles. The Morgan fingerprint density at radius 1 is 1.27 bits per heavy atom. The van der Waals surface area contributed by atoms with E-state index in [9.17, 15) is 17.2 Å². The lowest BCUT2D eigenvalue weighted by molar-refractivity contribution is -0.0498. The van der Waals surface area contributed by atoms with E-state index in [4.69, 9.17) is 4.74 Å². The van der Waals surface area contributed by atoms with Crippen LogP contribution in [0.2, 0.25) is 0 Å². The number of thiophene rings is 1. The number of aryl methyl sites for hydroxylation is 1. The summed E-state index contributed by atoms with van der Waals surface area (Å²) in [6.07, 6.45) is 4.12. The predicted octanol–water partition coefficient (Wildman–Crippen LogP) is 4.65. The SMILES string of the molecule is O=S(=O)(C1=Cc2ccc(OC(F)F)cc2CC1)N(Cc1cccs1)CC1CCCO1. The van der Waals surface area contributed by atoms with Gasteiger partial charge in [-0.2, -0.15) is 13.1 Å². The number of benzene rings is 1. The quantitative estimate of drug-likeness (QED) is 0.582. The van der Waals surface area contributed by atoms with Crippen molar-refractivity contribution >= 4 is 27.4 Å². The minimum Gasteiger partial charge on any atom is -0.435 e. The number of alkyl halides is 2. The molecule has 1 aromatic carbocycles. The van der Waals surface area contributed by atoms with Crippen LogP contribution in [0.25, 0.3) is 6.08 Å². The number of nitrogens with zero attached hydrogens (tertiary/aromatic N) is 1. The Kier molecular flexibility index (Phi) is 6.52. The number of halogens is 2. The maximum absolute atomic E-state index is 13.5. The van der Waals surface area contributed by atoms with Gasteiger partial charge in [-0.3, -0.25) is 0 Å². The normalized spacial score (nSPS) is 19.2. The van der Waals surface area contributed by atoms with E-state index in [0.717, 1.165) is 28.8 Å². The second kappa shape index (κ2) is 9.13. The highest BCUT2D eigenvalue weighted by Crippen LogP contribution is 2.33. The van der Waals surface area contributed by atoms with E-state index in [1.54, 1.807) is 18.2 Å². The molecular weight excluding hydrogens is 432 g/mol. The zero-order valence-corrected chi connectivity index (χ0v) is 17.9. The number of allylic oxidation sites excluding steroid dienone is 1. The van der Waals surface area contributed by atoms with E-state index in [-0.39, 0.29) is 11.9 Å². The number of sulfonamides is 1. The summed E-state index contributed by atoms with van der Waals surface area (Å²) in [5.74, 6) is 0.0844. The van der Waals surface area contributed by atoms with Crippen LogP contribution in [0.5, 0.6) is 5.75 Å². The third kappa shape index (κ3) is 4.91. The molecule has 0 saturated carbocycles. The summed E-state index contributed by atoms with van der Waals surface area (Å²) in [7, 11) is -3.69. The molecule has 0 spiro atoms. The third-order valence-corrected chi connectivity index (χ3v) is 8.12. The molecule has 1 unspecified atom stereocenters. The van der Waals surface area contributed by atoms with Crippen LogP contribution in [0.15, 0.2) is 40.6 Å². The van der Waals surface area contributed by atoms with Crippen LogP contribution in [0.3, 0.4) is 0 Å². The number of rotatable bonds is 8. The molecule has 0 bridgehead atoms. The van der Waals surface area contributed by atoms with Crippen LogP contribution >= 0.6 is 11.3 Å². The van der Waals surface area contributed by atoms with Gasteiger partial charge < -0.3 is 9.47 Å². The van der Waals surface area contributed by atoms with E-state index >= 15 is 0 Å². The molecule has 1 aliphatic heterocycles. The molecule has 0 amide bonds. The molecule has 1 saturated heterocycles. The first-order chi connectivity index (χ1) is 14.4. The standard InChI is InChI=1S/C21H23F2NO4S2/c22-21(23)28-17-7-5-16-12-20(8-6-15(16)11-17)30(25,26)24(13-18-3-1-9-27-18)14-19-4-2-10-29-19/h2,4-5,7,10-12,18,21H,1,3,6,8-9,13-14H2. The average Bonchev–Trinajstić information content (AvgIpc) is 3.41. The van der Waals surface area contributed by atoms with E-state index in [0.29, 0.717) is 37.4 Å². The number of hydrogen-bond acceptors (Lipinski definition) is 5. The molecule has 5 nitrogen and oxygen atoms in total. The van der Waals surface area contributed by atoms with Crippen molar-refractivity contribution in [3.05, 3.63) is 56.6 Å². The monoisotopic (exact) mass is 455 g/mol. The molecule has 162 valence electrons. The van der Waals surface area contributed by atoms with E-state index in [1.165, 1.54) is 21.7 Å². The fraction of sp³-hybridized carbons (Fsp3) is 0.429. The molecule has 0 N–H and O–H groups in total. The highest BCUT2D eigenvalue weighted by molar-refractivity contribution is 7.93. The number of hydrogen-bond donors (Lipinski definition) is 0. The molecule has 4 rings (SSSR count). The fourth-order valence-electron chi connectivity index (χ4n) is 3.83. The van der Waals surface area contributed by atoms with Gasteiger partial charge >= 0.3 is 6.61 Å². The van der Waals surface area contributed by atoms with Crippen molar-refractivity contribution < 1.29 is 26.7 Å². The van der Waals surface area contributed by atoms with Gasteiger partial charge in [-0.15, -0.1) is 11.3 Å². The summed E-state index contributed by atoms with van der Waals surface area (Å²) in [6.45, 7) is -1.59. The Morgan fingerprint density at radius 2 is 2.13 bits per heavy atom. The zero-order chi connectivity index (χ0) is 21.1.